The fourth-order valence-electron chi connectivity index (χ4n) is 9.34. The predicted molar refractivity (Wildman–Crippen MR) is 286 cm³/mol. The number of benzene rings is 8. The molecule has 11 aromatic rings. The van der Waals surface area contributed by atoms with Crippen LogP contribution in [0.15, 0.2) is 180 Å². The Labute approximate surface area is 427 Å². The molecule has 0 N–H and O–H groups in total. The first-order valence-electron chi connectivity index (χ1n) is 24.7. The van der Waals surface area contributed by atoms with E-state index in [0.717, 1.165) is 83.2 Å². The zero-order valence-corrected chi connectivity index (χ0v) is 42.8. The molecule has 0 saturated carbocycles. The van der Waals surface area contributed by atoms with E-state index >= 15 is 0 Å². The van der Waals surface area contributed by atoms with Crippen LogP contribution >= 0.6 is 0 Å². The van der Waals surface area contributed by atoms with Crippen LogP contribution in [-0.2, 0) is 26.5 Å². The van der Waals surface area contributed by atoms with Crippen LogP contribution in [0.1, 0.15) is 85.3 Å². The van der Waals surface area contributed by atoms with Crippen LogP contribution in [0.3, 0.4) is 0 Å². The van der Waals surface area contributed by atoms with E-state index in [0.29, 0.717) is 11.1 Å². The number of pyridine rings is 1. The van der Waals surface area contributed by atoms with Gasteiger partial charge in [-0.3, -0.25) is 4.98 Å². The molecule has 1 radical (unpaired) electrons. The monoisotopic (exact) mass is 1090 g/mol. The molecule has 0 saturated heterocycles. The van der Waals surface area contributed by atoms with Crippen LogP contribution in [0.2, 0.25) is 0 Å². The second kappa shape index (κ2) is 19.9. The average molecular weight is 1090 g/mol. The fraction of sp³-hybridized carbons (Fsp3) is 0.172. The Morgan fingerprint density at radius 3 is 1.99 bits per heavy atom. The van der Waals surface area contributed by atoms with E-state index in [2.05, 4.69) is 140 Å². The Kier molecular flexibility index (Phi) is 12.8. The van der Waals surface area contributed by atoms with Gasteiger partial charge in [0.25, 0.3) is 0 Å². The molecule has 3 aromatic heterocycles. The van der Waals surface area contributed by atoms with Crippen LogP contribution in [-0.4, -0.2) is 14.5 Å². The third-order valence-electron chi connectivity index (χ3n) is 12.6. The molecule has 8 aromatic carbocycles. The van der Waals surface area contributed by atoms with E-state index in [1.165, 1.54) is 22.3 Å². The first kappa shape index (κ1) is 45.0. The van der Waals surface area contributed by atoms with Gasteiger partial charge >= 0.3 is 0 Å². The van der Waals surface area contributed by atoms with E-state index in [1.54, 1.807) is 6.20 Å². The molecule has 0 atom stereocenters. The van der Waals surface area contributed by atoms with Gasteiger partial charge in [-0.2, -0.15) is 5.26 Å². The molecular formula is C64H54IrN4O-2. The third kappa shape index (κ3) is 9.36. The van der Waals surface area contributed by atoms with Crippen molar-refractivity contribution in [1.29, 1.82) is 5.26 Å². The summed E-state index contributed by atoms with van der Waals surface area (Å²) >= 11 is 0. The van der Waals surface area contributed by atoms with Crippen LogP contribution in [0.4, 0.5) is 0 Å². The summed E-state index contributed by atoms with van der Waals surface area (Å²) in [7, 11) is 0. The van der Waals surface area contributed by atoms with Gasteiger partial charge in [0.1, 0.15) is 5.58 Å². The maximum Gasteiger partial charge on any atom is 0.128 e. The van der Waals surface area contributed by atoms with Gasteiger partial charge < -0.3 is 14.0 Å². The van der Waals surface area contributed by atoms with Crippen molar-refractivity contribution in [2.75, 3.05) is 0 Å². The first-order chi connectivity index (χ1) is 34.2. The van der Waals surface area contributed by atoms with Gasteiger partial charge in [-0.05, 0) is 104 Å². The summed E-state index contributed by atoms with van der Waals surface area (Å²) in [5.74, 6) is 1.28. The number of nitrogens with zero attached hydrogens (tertiary/aromatic N) is 4. The van der Waals surface area contributed by atoms with Crippen LogP contribution in [0.25, 0.3) is 94.3 Å². The number of nitriles is 1. The SMILES string of the molecule is CC(C)c1cc(-c2ccccc2)cc(C(C)C)c1-n1c(-c2[c-]ccc3c2oc2c4cc(C#N)c(-c5ccccc5)cc4ccc32)nc2ccccc21.[2H]C([2H])(c1ccc(-c2[c-]cccc2)nc1)C(C)(C)C.[Ir]. The summed E-state index contributed by atoms with van der Waals surface area (Å²) in [6.07, 6.45) is 0.223. The molecule has 0 unspecified atom stereocenters. The molecule has 0 bridgehead atoms. The van der Waals surface area contributed by atoms with E-state index in [9.17, 15) is 5.26 Å². The summed E-state index contributed by atoms with van der Waals surface area (Å²) in [4.78, 5) is 9.68. The van der Waals surface area contributed by atoms with Gasteiger partial charge in [0.2, 0.25) is 0 Å². The summed E-state index contributed by atoms with van der Waals surface area (Å²) < 4.78 is 25.7. The second-order valence-corrected chi connectivity index (χ2v) is 19.3. The van der Waals surface area contributed by atoms with Crippen molar-refractivity contribution in [1.82, 2.24) is 14.5 Å². The number of para-hydroxylation sites is 2. The van der Waals surface area contributed by atoms with Crippen molar-refractivity contribution < 1.29 is 27.3 Å². The van der Waals surface area contributed by atoms with Crippen molar-refractivity contribution in [3.05, 3.63) is 210 Å². The number of furan rings is 1. The number of hydrogen-bond acceptors (Lipinski definition) is 4. The second-order valence-electron chi connectivity index (χ2n) is 19.3. The molecule has 0 aliphatic heterocycles. The maximum absolute atomic E-state index is 10.3. The van der Waals surface area contributed by atoms with Gasteiger partial charge in [0.15, 0.2) is 0 Å². The molecule has 0 spiro atoms. The predicted octanol–water partition coefficient (Wildman–Crippen LogP) is 17.1. The Bertz CT molecular complexity index is 3740. The molecule has 0 fully saturated rings. The van der Waals surface area contributed by atoms with Gasteiger partial charge in [-0.25, -0.2) is 0 Å². The summed E-state index contributed by atoms with van der Waals surface area (Å²) in [6, 6.07) is 66.6. The normalized spacial score (nSPS) is 12.2. The van der Waals surface area contributed by atoms with Crippen LogP contribution in [0.5, 0.6) is 0 Å². The molecule has 11 rings (SSSR count). The first-order valence-corrected chi connectivity index (χ1v) is 23.7. The zero-order chi connectivity index (χ0) is 49.6. The standard InChI is InChI=1S/C48H36N3O.C16H18N.Ir/c1-29(2)39-25-34(31-14-7-5-8-15-31)26-40(30(3)4)45(39)51-44-21-12-11-20-43(44)50-48(51)38-19-13-18-36-37-23-22-33-24-41(32-16-9-6-10-17-32)35(28-49)27-42(33)47(37)52-46(36)38;1-16(2,3)11-13-9-10-15(17-12-13)14-7-5-4-6-8-14;/h5-18,20-27,29-30H,1-4H3;4-7,9-10,12H,11H2,1-3H3;/q2*-1;/i;11D2;. The van der Waals surface area contributed by atoms with Gasteiger partial charge in [0.05, 0.1) is 34.1 Å². The molecule has 0 aliphatic rings. The molecule has 3 heterocycles. The van der Waals surface area contributed by atoms with Crippen molar-refractivity contribution in [3.63, 3.8) is 0 Å². The maximum atomic E-state index is 10.3. The summed E-state index contributed by atoms with van der Waals surface area (Å²) in [6.45, 7) is 14.8. The molecule has 0 aliphatic carbocycles. The minimum atomic E-state index is -1.40. The van der Waals surface area contributed by atoms with Crippen molar-refractivity contribution in [3.8, 4) is 56.7 Å². The third-order valence-corrected chi connectivity index (χ3v) is 12.6. The average Bonchev–Trinajstić information content (AvgIpc) is 3.98. The largest absolute Gasteiger partial charge is 0.500 e. The molecule has 0 amide bonds. The summed E-state index contributed by atoms with van der Waals surface area (Å²) in [5, 5.41) is 14.2. The van der Waals surface area contributed by atoms with E-state index < -0.39 is 11.8 Å². The zero-order valence-electron chi connectivity index (χ0n) is 42.4. The van der Waals surface area contributed by atoms with Gasteiger partial charge in [-0.1, -0.05) is 156 Å². The molecule has 5 nitrogen and oxygen atoms in total. The van der Waals surface area contributed by atoms with Crippen molar-refractivity contribution in [2.24, 2.45) is 5.41 Å². The van der Waals surface area contributed by atoms with Crippen LogP contribution in [0, 0.1) is 28.9 Å². The van der Waals surface area contributed by atoms with Crippen LogP contribution < -0.4 is 0 Å². The molecular weight excluding hydrogens is 1030 g/mol. The molecule has 70 heavy (non-hydrogen) atoms. The minimum Gasteiger partial charge on any atom is -0.500 e. The minimum absolute atomic E-state index is 0. The number of fused-ring (bicyclic) bond motifs is 6. The molecule has 6 heteroatoms. The van der Waals surface area contributed by atoms with E-state index in [1.807, 2.05) is 106 Å². The Morgan fingerprint density at radius 1 is 0.671 bits per heavy atom. The fourth-order valence-corrected chi connectivity index (χ4v) is 9.34. The molecule has 347 valence electrons. The topological polar surface area (TPSA) is 67.6 Å². The van der Waals surface area contributed by atoms with Gasteiger partial charge in [-0.15, -0.1) is 54.1 Å². The van der Waals surface area contributed by atoms with E-state index in [4.69, 9.17) is 12.1 Å². The smallest absolute Gasteiger partial charge is 0.128 e. The number of rotatable bonds is 8. The van der Waals surface area contributed by atoms with Crippen molar-refractivity contribution in [2.45, 2.75) is 66.7 Å². The quantitative estimate of drug-likeness (QED) is 0.142. The Hall–Kier alpha value is -7.42. The number of hydrogen-bond donors (Lipinski definition) is 0. The summed E-state index contributed by atoms with van der Waals surface area (Å²) in [5.41, 5.74) is 14.7. The van der Waals surface area contributed by atoms with Gasteiger partial charge in [0, 0.05) is 51.1 Å². The van der Waals surface area contributed by atoms with E-state index in [-0.39, 0.29) is 31.9 Å². The number of aromatic nitrogens is 3. The Morgan fingerprint density at radius 2 is 1.34 bits per heavy atom. The Balaban J connectivity index is 0.000000270. The van der Waals surface area contributed by atoms with Crippen molar-refractivity contribution >= 4 is 43.7 Å². The number of imidazole rings is 1.